The van der Waals surface area contributed by atoms with E-state index in [1.165, 1.54) is 18.2 Å². The van der Waals surface area contributed by atoms with Gasteiger partial charge in [0.15, 0.2) is 11.5 Å². The lowest BCUT2D eigenvalue weighted by Gasteiger charge is -2.20. The zero-order valence-corrected chi connectivity index (χ0v) is 11.9. The summed E-state index contributed by atoms with van der Waals surface area (Å²) in [6.07, 6.45) is -2.59. The number of hydrogen-bond acceptors (Lipinski definition) is 6. The molecule has 118 valence electrons. The molecule has 0 radical (unpaired) electrons. The van der Waals surface area contributed by atoms with Crippen molar-refractivity contribution in [3.05, 3.63) is 47.0 Å². The molecule has 0 amide bonds. The van der Waals surface area contributed by atoms with E-state index in [1.807, 2.05) is 0 Å². The first-order valence-corrected chi connectivity index (χ1v) is 6.69. The molecule has 6 heteroatoms. The van der Waals surface area contributed by atoms with Gasteiger partial charge in [-0.3, -0.25) is 0 Å². The highest BCUT2D eigenvalue weighted by molar-refractivity contribution is 5.45. The predicted molar refractivity (Wildman–Crippen MR) is 79.0 cm³/mol. The summed E-state index contributed by atoms with van der Waals surface area (Å²) in [5.41, 5.74) is 1.23. The van der Waals surface area contributed by atoms with Crippen molar-refractivity contribution in [2.75, 3.05) is 0 Å². The molecule has 0 fully saturated rings. The van der Waals surface area contributed by atoms with E-state index in [2.05, 4.69) is 0 Å². The molecule has 0 heterocycles. The largest absolute Gasteiger partial charge is 0.508 e. The molecule has 0 aromatic heterocycles. The van der Waals surface area contributed by atoms with Crippen LogP contribution in [0.15, 0.2) is 30.3 Å². The molecular weight excluding hydrogens is 288 g/mol. The van der Waals surface area contributed by atoms with Gasteiger partial charge in [0.1, 0.15) is 17.6 Å². The Morgan fingerprint density at radius 1 is 0.864 bits per heavy atom. The van der Waals surface area contributed by atoms with Crippen LogP contribution < -0.4 is 0 Å². The quantitative estimate of drug-likeness (QED) is 0.476. The van der Waals surface area contributed by atoms with Gasteiger partial charge in [-0.1, -0.05) is 6.07 Å². The van der Waals surface area contributed by atoms with Gasteiger partial charge in [0.05, 0.1) is 6.10 Å². The van der Waals surface area contributed by atoms with E-state index in [-0.39, 0.29) is 29.2 Å². The van der Waals surface area contributed by atoms with Gasteiger partial charge in [-0.25, -0.2) is 0 Å². The molecule has 2 rings (SSSR count). The highest BCUT2D eigenvalue weighted by Crippen LogP contribution is 2.32. The molecule has 2 aromatic carbocycles. The van der Waals surface area contributed by atoms with Crippen molar-refractivity contribution >= 4 is 0 Å². The van der Waals surface area contributed by atoms with Crippen molar-refractivity contribution in [1.82, 2.24) is 0 Å². The van der Waals surface area contributed by atoms with Gasteiger partial charge in [0.2, 0.25) is 0 Å². The summed E-state index contributed by atoms with van der Waals surface area (Å²) in [4.78, 5) is 0. The third kappa shape index (κ3) is 3.24. The van der Waals surface area contributed by atoms with E-state index < -0.39 is 18.0 Å². The lowest BCUT2D eigenvalue weighted by Crippen LogP contribution is -2.21. The Balaban J connectivity index is 2.21. The summed E-state index contributed by atoms with van der Waals surface area (Å²) in [6.45, 7) is 1.67. The topological polar surface area (TPSA) is 121 Å². The molecule has 22 heavy (non-hydrogen) atoms. The molecule has 2 aromatic rings. The monoisotopic (exact) mass is 306 g/mol. The second-order valence-electron chi connectivity index (χ2n) is 5.22. The van der Waals surface area contributed by atoms with Gasteiger partial charge < -0.3 is 30.6 Å². The number of phenols is 4. The first-order valence-electron chi connectivity index (χ1n) is 6.69. The van der Waals surface area contributed by atoms with Crippen LogP contribution >= 0.6 is 0 Å². The fourth-order valence-corrected chi connectivity index (χ4v) is 2.31. The number of rotatable bonds is 4. The van der Waals surface area contributed by atoms with Crippen LogP contribution in [-0.4, -0.2) is 36.7 Å². The minimum atomic E-state index is -1.31. The van der Waals surface area contributed by atoms with Gasteiger partial charge in [-0.2, -0.15) is 0 Å². The van der Waals surface area contributed by atoms with Crippen LogP contribution in [0.4, 0.5) is 0 Å². The van der Waals surface area contributed by atoms with E-state index in [9.17, 15) is 30.6 Å². The van der Waals surface area contributed by atoms with Crippen LogP contribution in [-0.2, 0) is 6.42 Å². The zero-order chi connectivity index (χ0) is 16.4. The molecule has 2 atom stereocenters. The van der Waals surface area contributed by atoms with E-state index in [0.717, 1.165) is 12.1 Å². The van der Waals surface area contributed by atoms with Gasteiger partial charge in [0.25, 0.3) is 0 Å². The number of hydrogen-bond donors (Lipinski definition) is 6. The molecule has 0 bridgehead atoms. The summed E-state index contributed by atoms with van der Waals surface area (Å²) in [5.74, 6) is -0.973. The van der Waals surface area contributed by atoms with Crippen LogP contribution in [0.3, 0.4) is 0 Å². The molecule has 0 saturated heterocycles. The maximum absolute atomic E-state index is 10.1. The lowest BCUT2D eigenvalue weighted by molar-refractivity contribution is 0.0184. The molecule has 6 nitrogen and oxygen atoms in total. The van der Waals surface area contributed by atoms with Gasteiger partial charge in [-0.05, 0) is 41.8 Å². The molecule has 0 aliphatic rings. The highest BCUT2D eigenvalue weighted by Gasteiger charge is 2.22. The van der Waals surface area contributed by atoms with E-state index in [0.29, 0.717) is 11.1 Å². The van der Waals surface area contributed by atoms with E-state index in [4.69, 9.17) is 0 Å². The van der Waals surface area contributed by atoms with Crippen molar-refractivity contribution < 1.29 is 30.6 Å². The molecule has 0 spiro atoms. The first kappa shape index (κ1) is 15.9. The number of aryl methyl sites for hydroxylation is 1. The van der Waals surface area contributed by atoms with E-state index in [1.54, 1.807) is 6.92 Å². The van der Waals surface area contributed by atoms with Crippen LogP contribution in [0.5, 0.6) is 23.0 Å². The Morgan fingerprint density at radius 3 is 2.14 bits per heavy atom. The third-order valence-corrected chi connectivity index (χ3v) is 3.55. The average molecular weight is 306 g/mol. The second-order valence-corrected chi connectivity index (χ2v) is 5.22. The third-order valence-electron chi connectivity index (χ3n) is 3.55. The Morgan fingerprint density at radius 2 is 1.55 bits per heavy atom. The average Bonchev–Trinajstić information content (AvgIpc) is 2.44. The Hall–Kier alpha value is -2.44. The van der Waals surface area contributed by atoms with Crippen molar-refractivity contribution in [2.24, 2.45) is 0 Å². The van der Waals surface area contributed by atoms with E-state index >= 15 is 0 Å². The number of aliphatic hydroxyl groups excluding tert-OH is 2. The van der Waals surface area contributed by atoms with Gasteiger partial charge in [-0.15, -0.1) is 0 Å². The highest BCUT2D eigenvalue weighted by atomic mass is 16.3. The fraction of sp³-hybridized carbons (Fsp3) is 0.250. The lowest BCUT2D eigenvalue weighted by atomic mass is 9.95. The van der Waals surface area contributed by atoms with Crippen molar-refractivity contribution in [1.29, 1.82) is 0 Å². The smallest absolute Gasteiger partial charge is 0.157 e. The molecule has 6 N–H and O–H groups in total. The molecular formula is C16H18O6. The molecule has 0 aliphatic heterocycles. The van der Waals surface area contributed by atoms with Crippen LogP contribution in [0.2, 0.25) is 0 Å². The molecule has 0 aliphatic carbocycles. The standard InChI is InChI=1S/C16H18O6/c1-8-4-10(17)6-13(19)11(8)7-15(21)16(22)9-2-3-12(18)14(20)5-9/h2-6,15-22H,7H2,1H3/t15-,16+/m0/s1. The van der Waals surface area contributed by atoms with Crippen LogP contribution in [0.25, 0.3) is 0 Å². The number of aliphatic hydroxyl groups is 2. The Kier molecular flexibility index (Phi) is 4.44. The molecule has 0 saturated carbocycles. The number of aromatic hydroxyl groups is 4. The minimum Gasteiger partial charge on any atom is -0.508 e. The normalized spacial score (nSPS) is 13.8. The summed E-state index contributed by atoms with van der Waals surface area (Å²) in [6, 6.07) is 6.36. The minimum absolute atomic E-state index is 0.0409. The number of benzene rings is 2. The summed E-state index contributed by atoms with van der Waals surface area (Å²) >= 11 is 0. The van der Waals surface area contributed by atoms with Gasteiger partial charge >= 0.3 is 0 Å². The molecule has 0 unspecified atom stereocenters. The maximum Gasteiger partial charge on any atom is 0.157 e. The number of phenolic OH excluding ortho intramolecular Hbond substituents is 4. The zero-order valence-electron chi connectivity index (χ0n) is 11.9. The van der Waals surface area contributed by atoms with Crippen LogP contribution in [0.1, 0.15) is 22.8 Å². The Labute approximate surface area is 127 Å². The summed E-state index contributed by atoms with van der Waals surface area (Å²) < 4.78 is 0. The van der Waals surface area contributed by atoms with Gasteiger partial charge in [0, 0.05) is 12.5 Å². The Bertz CT molecular complexity index is 659. The first-order chi connectivity index (χ1) is 10.3. The fourth-order valence-electron chi connectivity index (χ4n) is 2.31. The van der Waals surface area contributed by atoms with Crippen molar-refractivity contribution in [3.8, 4) is 23.0 Å². The SMILES string of the molecule is Cc1cc(O)cc(O)c1C[C@H](O)[C@H](O)c1ccc(O)c(O)c1. The second kappa shape index (κ2) is 6.13. The van der Waals surface area contributed by atoms with Crippen molar-refractivity contribution in [3.63, 3.8) is 0 Å². The summed E-state index contributed by atoms with van der Waals surface area (Å²) in [5, 5.41) is 58.1. The predicted octanol–water partition coefficient (Wildman–Crippen LogP) is 1.45. The van der Waals surface area contributed by atoms with Crippen LogP contribution in [0, 0.1) is 6.92 Å². The maximum atomic E-state index is 10.1. The van der Waals surface area contributed by atoms with Crippen molar-refractivity contribution in [2.45, 2.75) is 25.6 Å². The summed E-state index contributed by atoms with van der Waals surface area (Å²) in [7, 11) is 0.